The van der Waals surface area contributed by atoms with Crippen molar-refractivity contribution in [3.63, 3.8) is 0 Å². The molecule has 0 amide bonds. The highest BCUT2D eigenvalue weighted by Gasteiger charge is 2.18. The molecule has 0 aliphatic heterocycles. The van der Waals surface area contributed by atoms with Gasteiger partial charge in [0.2, 0.25) is 0 Å². The van der Waals surface area contributed by atoms with Crippen LogP contribution < -0.4 is 5.32 Å². The van der Waals surface area contributed by atoms with Crippen molar-refractivity contribution in [2.45, 2.75) is 32.7 Å². The predicted octanol–water partition coefficient (Wildman–Crippen LogP) is 4.15. The molecule has 2 atom stereocenters. The monoisotopic (exact) mass is 269 g/mol. The quantitative estimate of drug-likeness (QED) is 0.847. The molecule has 1 N–H and O–H groups in total. The first kappa shape index (κ1) is 12.7. The van der Waals surface area contributed by atoms with Crippen LogP contribution in [0.25, 0.3) is 0 Å². The van der Waals surface area contributed by atoms with Gasteiger partial charge in [0.25, 0.3) is 0 Å². The average molecular weight is 270 g/mol. The predicted molar refractivity (Wildman–Crippen MR) is 70.0 cm³/mol. The van der Waals surface area contributed by atoms with Crippen LogP contribution in [0.4, 0.5) is 0 Å². The Labute approximate surface area is 101 Å². The summed E-state index contributed by atoms with van der Waals surface area (Å²) in [4.78, 5) is 0. The number of hydrogen-bond acceptors (Lipinski definition) is 1. The largest absolute Gasteiger partial charge is 0.313 e. The molecule has 2 heteroatoms. The highest BCUT2D eigenvalue weighted by atomic mass is 79.9. The number of hydrogen-bond donors (Lipinski definition) is 1. The molecular formula is C13H20BrN. The summed E-state index contributed by atoms with van der Waals surface area (Å²) >= 11 is 3.62. The van der Waals surface area contributed by atoms with Crippen molar-refractivity contribution >= 4 is 15.9 Å². The van der Waals surface area contributed by atoms with E-state index in [1.54, 1.807) is 0 Å². The van der Waals surface area contributed by atoms with Gasteiger partial charge < -0.3 is 5.32 Å². The van der Waals surface area contributed by atoms with Crippen LogP contribution >= 0.6 is 15.9 Å². The fourth-order valence-electron chi connectivity index (χ4n) is 2.10. The molecule has 0 heterocycles. The Bertz CT molecular complexity index is 298. The molecule has 0 saturated carbocycles. The van der Waals surface area contributed by atoms with Gasteiger partial charge in [-0.1, -0.05) is 54.4 Å². The summed E-state index contributed by atoms with van der Waals surface area (Å²) < 4.78 is 1.20. The molecule has 1 nitrogen and oxygen atoms in total. The lowest BCUT2D eigenvalue weighted by Gasteiger charge is -2.24. The number of halogens is 1. The molecule has 0 aliphatic rings. The van der Waals surface area contributed by atoms with Crippen LogP contribution in [0.2, 0.25) is 0 Å². The van der Waals surface area contributed by atoms with E-state index < -0.39 is 0 Å². The first-order valence-electron chi connectivity index (χ1n) is 5.62. The Morgan fingerprint density at radius 3 is 2.53 bits per heavy atom. The van der Waals surface area contributed by atoms with Crippen molar-refractivity contribution < 1.29 is 0 Å². The Balaban J connectivity index is 2.87. The maximum absolute atomic E-state index is 3.62. The van der Waals surface area contributed by atoms with E-state index in [9.17, 15) is 0 Å². The lowest BCUT2D eigenvalue weighted by Crippen LogP contribution is -2.23. The van der Waals surface area contributed by atoms with Crippen LogP contribution in [0.1, 0.15) is 38.3 Å². The number of nitrogens with one attached hydrogen (secondary N) is 1. The van der Waals surface area contributed by atoms with Gasteiger partial charge in [0.05, 0.1) is 0 Å². The zero-order chi connectivity index (χ0) is 11.3. The van der Waals surface area contributed by atoms with Crippen LogP contribution in [0, 0.1) is 5.92 Å². The second-order valence-corrected chi connectivity index (χ2v) is 4.91. The molecule has 0 radical (unpaired) electrons. The van der Waals surface area contributed by atoms with Gasteiger partial charge in [0.15, 0.2) is 0 Å². The average Bonchev–Trinajstić information content (AvgIpc) is 2.22. The summed E-state index contributed by atoms with van der Waals surface area (Å²) in [5, 5.41) is 3.41. The van der Waals surface area contributed by atoms with Crippen LogP contribution in [-0.4, -0.2) is 7.05 Å². The molecule has 0 aliphatic carbocycles. The summed E-state index contributed by atoms with van der Waals surface area (Å²) in [6, 6.07) is 8.91. The minimum Gasteiger partial charge on any atom is -0.313 e. The summed E-state index contributed by atoms with van der Waals surface area (Å²) in [6.07, 6.45) is 2.50. The number of rotatable bonds is 5. The van der Waals surface area contributed by atoms with E-state index in [2.05, 4.69) is 59.4 Å². The SMILES string of the molecule is CCCC(C)C(NC)c1ccccc1Br. The van der Waals surface area contributed by atoms with Crippen LogP contribution in [0.15, 0.2) is 28.7 Å². The van der Waals surface area contributed by atoms with Gasteiger partial charge in [0.1, 0.15) is 0 Å². The maximum Gasteiger partial charge on any atom is 0.0354 e. The van der Waals surface area contributed by atoms with Crippen molar-refractivity contribution in [1.29, 1.82) is 0 Å². The van der Waals surface area contributed by atoms with Crippen LogP contribution in [0.5, 0.6) is 0 Å². The van der Waals surface area contributed by atoms with Crippen molar-refractivity contribution in [1.82, 2.24) is 5.32 Å². The smallest absolute Gasteiger partial charge is 0.0354 e. The summed E-state index contributed by atoms with van der Waals surface area (Å²) in [5.41, 5.74) is 1.36. The van der Waals surface area contributed by atoms with E-state index in [1.807, 2.05) is 7.05 Å². The van der Waals surface area contributed by atoms with Gasteiger partial charge >= 0.3 is 0 Å². The first-order valence-corrected chi connectivity index (χ1v) is 6.41. The zero-order valence-electron chi connectivity index (χ0n) is 9.76. The summed E-state index contributed by atoms with van der Waals surface area (Å²) in [5.74, 6) is 0.665. The van der Waals surface area contributed by atoms with E-state index in [0.717, 1.165) is 0 Å². The van der Waals surface area contributed by atoms with Crippen molar-refractivity contribution in [2.24, 2.45) is 5.92 Å². The topological polar surface area (TPSA) is 12.0 Å². The maximum atomic E-state index is 3.62. The van der Waals surface area contributed by atoms with E-state index in [-0.39, 0.29) is 0 Å². The van der Waals surface area contributed by atoms with Gasteiger partial charge in [-0.3, -0.25) is 0 Å². The van der Waals surface area contributed by atoms with Gasteiger partial charge in [-0.2, -0.15) is 0 Å². The third kappa shape index (κ3) is 3.32. The molecular weight excluding hydrogens is 250 g/mol. The third-order valence-electron chi connectivity index (χ3n) is 2.86. The fourth-order valence-corrected chi connectivity index (χ4v) is 2.63. The molecule has 84 valence electrons. The minimum absolute atomic E-state index is 0.445. The Morgan fingerprint density at radius 2 is 2.00 bits per heavy atom. The highest BCUT2D eigenvalue weighted by Crippen LogP contribution is 2.30. The van der Waals surface area contributed by atoms with Gasteiger partial charge in [-0.25, -0.2) is 0 Å². The Kier molecular flexibility index (Phi) is 5.34. The fraction of sp³-hybridized carbons (Fsp3) is 0.538. The van der Waals surface area contributed by atoms with Gasteiger partial charge in [0, 0.05) is 10.5 Å². The molecule has 0 fully saturated rings. The minimum atomic E-state index is 0.445. The van der Waals surface area contributed by atoms with E-state index >= 15 is 0 Å². The second-order valence-electron chi connectivity index (χ2n) is 4.05. The molecule has 0 bridgehead atoms. The molecule has 0 aromatic heterocycles. The molecule has 0 saturated heterocycles. The Morgan fingerprint density at radius 1 is 1.33 bits per heavy atom. The Hall–Kier alpha value is -0.340. The van der Waals surface area contributed by atoms with Crippen LogP contribution in [0.3, 0.4) is 0 Å². The molecule has 15 heavy (non-hydrogen) atoms. The summed E-state index contributed by atoms with van der Waals surface area (Å²) in [7, 11) is 2.04. The van der Waals surface area contributed by atoms with Gasteiger partial charge in [-0.05, 0) is 31.0 Å². The van der Waals surface area contributed by atoms with E-state index in [1.165, 1.54) is 22.9 Å². The summed E-state index contributed by atoms with van der Waals surface area (Å²) in [6.45, 7) is 4.55. The normalized spacial score (nSPS) is 14.9. The first-order chi connectivity index (χ1) is 7.20. The van der Waals surface area contributed by atoms with Crippen LogP contribution in [-0.2, 0) is 0 Å². The molecule has 0 spiro atoms. The lowest BCUT2D eigenvalue weighted by atomic mass is 9.91. The molecule has 1 aromatic carbocycles. The molecule has 1 aromatic rings. The standard InChI is InChI=1S/C13H20BrN/c1-4-7-10(2)13(15-3)11-8-5-6-9-12(11)14/h5-6,8-10,13,15H,4,7H2,1-3H3. The molecule has 1 rings (SSSR count). The van der Waals surface area contributed by atoms with Crippen molar-refractivity contribution in [2.75, 3.05) is 7.05 Å². The van der Waals surface area contributed by atoms with Gasteiger partial charge in [-0.15, -0.1) is 0 Å². The highest BCUT2D eigenvalue weighted by molar-refractivity contribution is 9.10. The van der Waals surface area contributed by atoms with E-state index in [4.69, 9.17) is 0 Å². The van der Waals surface area contributed by atoms with E-state index in [0.29, 0.717) is 12.0 Å². The second kappa shape index (κ2) is 6.29. The lowest BCUT2D eigenvalue weighted by molar-refractivity contribution is 0.383. The number of benzene rings is 1. The van der Waals surface area contributed by atoms with Crippen molar-refractivity contribution in [3.8, 4) is 0 Å². The zero-order valence-corrected chi connectivity index (χ0v) is 11.3. The molecule has 2 unspecified atom stereocenters. The van der Waals surface area contributed by atoms with Crippen molar-refractivity contribution in [3.05, 3.63) is 34.3 Å². The third-order valence-corrected chi connectivity index (χ3v) is 3.59.